The monoisotopic (exact) mass is 288 g/mol. The lowest BCUT2D eigenvalue weighted by Crippen LogP contribution is -2.17. The van der Waals surface area contributed by atoms with Crippen LogP contribution < -0.4 is 5.32 Å². The molecule has 19 heavy (non-hydrogen) atoms. The molecule has 4 heteroatoms. The molecule has 0 radical (unpaired) electrons. The maximum atomic E-state index is 4.63. The summed E-state index contributed by atoms with van der Waals surface area (Å²) in [5.41, 5.74) is 2.37. The molecule has 3 rings (SSSR count). The third kappa shape index (κ3) is 2.96. The van der Waals surface area contributed by atoms with E-state index in [1.165, 1.54) is 15.1 Å². The SMILES string of the molecule is Cc1ccc2nc(NC(C)Cc3cccs3)sc2c1. The van der Waals surface area contributed by atoms with Crippen LogP contribution in [0.3, 0.4) is 0 Å². The molecular weight excluding hydrogens is 272 g/mol. The fourth-order valence-electron chi connectivity index (χ4n) is 2.09. The highest BCUT2D eigenvalue weighted by molar-refractivity contribution is 7.22. The first-order chi connectivity index (χ1) is 9.20. The van der Waals surface area contributed by atoms with E-state index in [-0.39, 0.29) is 0 Å². The summed E-state index contributed by atoms with van der Waals surface area (Å²) in [7, 11) is 0. The highest BCUT2D eigenvalue weighted by atomic mass is 32.1. The van der Waals surface area contributed by atoms with Gasteiger partial charge in [-0.25, -0.2) is 4.98 Å². The van der Waals surface area contributed by atoms with Crippen LogP contribution in [0, 0.1) is 6.92 Å². The van der Waals surface area contributed by atoms with Gasteiger partial charge >= 0.3 is 0 Å². The van der Waals surface area contributed by atoms with Gasteiger partial charge in [0.1, 0.15) is 0 Å². The van der Waals surface area contributed by atoms with Crippen molar-refractivity contribution in [1.82, 2.24) is 4.98 Å². The molecule has 0 spiro atoms. The summed E-state index contributed by atoms with van der Waals surface area (Å²) < 4.78 is 1.26. The average molecular weight is 288 g/mol. The zero-order chi connectivity index (χ0) is 13.2. The third-order valence-corrected chi connectivity index (χ3v) is 4.85. The molecule has 1 N–H and O–H groups in total. The van der Waals surface area contributed by atoms with Crippen LogP contribution in [0.2, 0.25) is 0 Å². The van der Waals surface area contributed by atoms with Crippen LogP contribution in [0.5, 0.6) is 0 Å². The Balaban J connectivity index is 1.74. The molecule has 0 fully saturated rings. The first-order valence-electron chi connectivity index (χ1n) is 6.37. The Morgan fingerprint density at radius 2 is 2.21 bits per heavy atom. The average Bonchev–Trinajstić information content (AvgIpc) is 2.97. The number of anilines is 1. The molecule has 1 aromatic carbocycles. The van der Waals surface area contributed by atoms with Gasteiger partial charge in [-0.3, -0.25) is 0 Å². The van der Waals surface area contributed by atoms with Gasteiger partial charge in [0.15, 0.2) is 5.13 Å². The quantitative estimate of drug-likeness (QED) is 0.752. The van der Waals surface area contributed by atoms with Crippen LogP contribution in [-0.4, -0.2) is 11.0 Å². The summed E-state index contributed by atoms with van der Waals surface area (Å²) >= 11 is 3.55. The summed E-state index contributed by atoms with van der Waals surface area (Å²) in [6, 6.07) is 11.1. The van der Waals surface area contributed by atoms with Crippen molar-refractivity contribution in [2.45, 2.75) is 26.3 Å². The van der Waals surface area contributed by atoms with E-state index >= 15 is 0 Å². The van der Waals surface area contributed by atoms with Crippen LogP contribution >= 0.6 is 22.7 Å². The Hall–Kier alpha value is -1.39. The minimum atomic E-state index is 0.403. The minimum absolute atomic E-state index is 0.403. The lowest BCUT2D eigenvalue weighted by molar-refractivity contribution is 0.799. The second kappa shape index (κ2) is 5.31. The molecule has 0 amide bonds. The van der Waals surface area contributed by atoms with Crippen molar-refractivity contribution < 1.29 is 0 Å². The second-order valence-electron chi connectivity index (χ2n) is 4.82. The molecule has 2 aromatic heterocycles. The summed E-state index contributed by atoms with van der Waals surface area (Å²) in [5, 5.41) is 6.65. The first-order valence-corrected chi connectivity index (χ1v) is 8.06. The van der Waals surface area contributed by atoms with Gasteiger partial charge in [-0.05, 0) is 43.0 Å². The molecule has 3 aromatic rings. The predicted molar refractivity (Wildman–Crippen MR) is 85.5 cm³/mol. The van der Waals surface area contributed by atoms with Gasteiger partial charge < -0.3 is 5.32 Å². The number of aryl methyl sites for hydroxylation is 1. The van der Waals surface area contributed by atoms with E-state index in [1.54, 1.807) is 11.3 Å². The van der Waals surface area contributed by atoms with Gasteiger partial charge in [0.2, 0.25) is 0 Å². The highest BCUT2D eigenvalue weighted by Crippen LogP contribution is 2.27. The molecule has 2 heterocycles. The molecule has 2 nitrogen and oxygen atoms in total. The van der Waals surface area contributed by atoms with Gasteiger partial charge in [0.25, 0.3) is 0 Å². The maximum absolute atomic E-state index is 4.63. The lowest BCUT2D eigenvalue weighted by Gasteiger charge is -2.11. The van der Waals surface area contributed by atoms with Crippen molar-refractivity contribution in [3.8, 4) is 0 Å². The zero-order valence-corrected chi connectivity index (χ0v) is 12.6. The highest BCUT2D eigenvalue weighted by Gasteiger charge is 2.08. The number of nitrogens with one attached hydrogen (secondary N) is 1. The Morgan fingerprint density at radius 3 is 3.00 bits per heavy atom. The number of rotatable bonds is 4. The molecule has 0 saturated heterocycles. The summed E-state index contributed by atoms with van der Waals surface area (Å²) in [6.45, 7) is 4.32. The topological polar surface area (TPSA) is 24.9 Å². The number of hydrogen-bond donors (Lipinski definition) is 1. The summed E-state index contributed by atoms with van der Waals surface area (Å²) in [5.74, 6) is 0. The number of hydrogen-bond acceptors (Lipinski definition) is 4. The lowest BCUT2D eigenvalue weighted by atomic mass is 10.2. The number of aromatic nitrogens is 1. The molecule has 0 aliphatic rings. The van der Waals surface area contributed by atoms with E-state index in [2.05, 4.69) is 59.9 Å². The van der Waals surface area contributed by atoms with Crippen molar-refractivity contribution in [1.29, 1.82) is 0 Å². The van der Waals surface area contributed by atoms with E-state index in [0.717, 1.165) is 17.1 Å². The predicted octanol–water partition coefficient (Wildman–Crippen LogP) is 4.71. The van der Waals surface area contributed by atoms with Gasteiger partial charge in [0.05, 0.1) is 10.2 Å². The maximum Gasteiger partial charge on any atom is 0.184 e. The van der Waals surface area contributed by atoms with E-state index in [0.29, 0.717) is 6.04 Å². The number of nitrogens with zero attached hydrogens (tertiary/aromatic N) is 1. The first kappa shape index (κ1) is 12.6. The third-order valence-electron chi connectivity index (χ3n) is 3.00. The standard InChI is InChI=1S/C15H16N2S2/c1-10-5-6-13-14(8-10)19-15(17-13)16-11(2)9-12-4-3-7-18-12/h3-8,11H,9H2,1-2H3,(H,16,17). The van der Waals surface area contributed by atoms with Gasteiger partial charge in [-0.2, -0.15) is 0 Å². The smallest absolute Gasteiger partial charge is 0.184 e. The van der Waals surface area contributed by atoms with E-state index < -0.39 is 0 Å². The number of fused-ring (bicyclic) bond motifs is 1. The summed E-state index contributed by atoms with van der Waals surface area (Å²) in [6.07, 6.45) is 1.05. The van der Waals surface area contributed by atoms with Crippen LogP contribution in [0.4, 0.5) is 5.13 Å². The fourth-order valence-corrected chi connectivity index (χ4v) is 4.00. The molecule has 0 aliphatic carbocycles. The Bertz CT molecular complexity index is 671. The summed E-state index contributed by atoms with van der Waals surface area (Å²) in [4.78, 5) is 6.05. The molecule has 98 valence electrons. The van der Waals surface area contributed by atoms with Crippen molar-refractivity contribution in [2.24, 2.45) is 0 Å². The number of benzene rings is 1. The fraction of sp³-hybridized carbons (Fsp3) is 0.267. The Kier molecular flexibility index (Phi) is 3.53. The van der Waals surface area contributed by atoms with Crippen LogP contribution in [0.25, 0.3) is 10.2 Å². The largest absolute Gasteiger partial charge is 0.359 e. The number of thiazole rings is 1. The molecule has 1 atom stereocenters. The number of thiophene rings is 1. The molecule has 0 bridgehead atoms. The van der Waals surface area contributed by atoms with Gasteiger partial charge in [-0.15, -0.1) is 11.3 Å². The minimum Gasteiger partial charge on any atom is -0.359 e. The van der Waals surface area contributed by atoms with Gasteiger partial charge in [0, 0.05) is 17.3 Å². The molecule has 1 unspecified atom stereocenters. The molecule has 0 saturated carbocycles. The second-order valence-corrected chi connectivity index (χ2v) is 6.88. The normalized spacial score (nSPS) is 12.7. The van der Waals surface area contributed by atoms with Crippen LogP contribution in [0.1, 0.15) is 17.4 Å². The van der Waals surface area contributed by atoms with E-state index in [9.17, 15) is 0 Å². The van der Waals surface area contributed by atoms with Crippen molar-refractivity contribution in [3.63, 3.8) is 0 Å². The van der Waals surface area contributed by atoms with Crippen molar-refractivity contribution in [2.75, 3.05) is 5.32 Å². The Labute approximate surface area is 121 Å². The molecule has 0 aliphatic heterocycles. The van der Waals surface area contributed by atoms with Crippen molar-refractivity contribution in [3.05, 3.63) is 46.2 Å². The van der Waals surface area contributed by atoms with Crippen molar-refractivity contribution >= 4 is 38.0 Å². The Morgan fingerprint density at radius 1 is 1.32 bits per heavy atom. The zero-order valence-electron chi connectivity index (χ0n) is 11.0. The van der Waals surface area contributed by atoms with Crippen LogP contribution in [-0.2, 0) is 6.42 Å². The van der Waals surface area contributed by atoms with Crippen LogP contribution in [0.15, 0.2) is 35.7 Å². The van der Waals surface area contributed by atoms with E-state index in [1.807, 2.05) is 11.3 Å². The van der Waals surface area contributed by atoms with Gasteiger partial charge in [-0.1, -0.05) is 23.5 Å². The van der Waals surface area contributed by atoms with E-state index in [4.69, 9.17) is 0 Å². The molecular formula is C15H16N2S2.